The van der Waals surface area contributed by atoms with Gasteiger partial charge in [-0.05, 0) is 48.6 Å². The molecule has 2 heterocycles. The fourth-order valence-corrected chi connectivity index (χ4v) is 4.51. The van der Waals surface area contributed by atoms with Crippen LogP contribution < -0.4 is 5.56 Å². The normalized spacial score (nSPS) is 13.9. The van der Waals surface area contributed by atoms with Crippen LogP contribution in [0.4, 0.5) is 0 Å². The zero-order valence-corrected chi connectivity index (χ0v) is 14.2. The summed E-state index contributed by atoms with van der Waals surface area (Å²) < 4.78 is 0. The Labute approximate surface area is 147 Å². The van der Waals surface area contributed by atoms with Crippen molar-refractivity contribution in [1.29, 1.82) is 5.26 Å². The summed E-state index contributed by atoms with van der Waals surface area (Å²) in [4.78, 5) is 21.8. The van der Waals surface area contributed by atoms with Gasteiger partial charge in [-0.25, -0.2) is 4.98 Å². The second-order valence-corrected chi connectivity index (χ2v) is 7.17. The van der Waals surface area contributed by atoms with Gasteiger partial charge in [0.05, 0.1) is 22.1 Å². The number of hydrogen-bond acceptors (Lipinski definition) is 4. The van der Waals surface area contributed by atoms with Crippen molar-refractivity contribution in [1.82, 2.24) is 9.97 Å². The number of fused-ring (bicyclic) bond motifs is 3. The third kappa shape index (κ3) is 2.54. The number of aromatic nitrogens is 2. The van der Waals surface area contributed by atoms with Gasteiger partial charge in [-0.15, -0.1) is 11.3 Å². The first-order valence-electron chi connectivity index (χ1n) is 7.58. The van der Waals surface area contributed by atoms with E-state index in [1.165, 1.54) is 4.88 Å². The van der Waals surface area contributed by atoms with Crippen LogP contribution in [0.25, 0.3) is 21.3 Å². The topological polar surface area (TPSA) is 69.5 Å². The molecule has 24 heavy (non-hydrogen) atoms. The predicted octanol–water partition coefficient (Wildman–Crippen LogP) is 4.08. The van der Waals surface area contributed by atoms with Gasteiger partial charge in [0.1, 0.15) is 4.83 Å². The summed E-state index contributed by atoms with van der Waals surface area (Å²) in [6.45, 7) is 0. The lowest BCUT2D eigenvalue weighted by atomic mass is 10.1. The van der Waals surface area contributed by atoms with Crippen LogP contribution in [0, 0.1) is 11.3 Å². The number of aromatic amines is 1. The highest BCUT2D eigenvalue weighted by atomic mass is 35.5. The molecule has 118 valence electrons. The van der Waals surface area contributed by atoms with Gasteiger partial charge in [0.25, 0.3) is 5.56 Å². The van der Waals surface area contributed by atoms with Gasteiger partial charge in [-0.3, -0.25) is 4.79 Å². The first-order valence-corrected chi connectivity index (χ1v) is 8.77. The molecule has 4 nitrogen and oxygen atoms in total. The molecular weight excluding hydrogens is 342 g/mol. The van der Waals surface area contributed by atoms with Crippen LogP contribution in [0.3, 0.4) is 0 Å². The van der Waals surface area contributed by atoms with Gasteiger partial charge in [0.2, 0.25) is 0 Å². The number of hydrogen-bond donors (Lipinski definition) is 1. The number of H-pyrrole nitrogens is 1. The minimum absolute atomic E-state index is 0.133. The van der Waals surface area contributed by atoms with Gasteiger partial charge in [0.15, 0.2) is 5.82 Å². The highest BCUT2D eigenvalue weighted by molar-refractivity contribution is 7.18. The van der Waals surface area contributed by atoms with E-state index in [1.54, 1.807) is 35.6 Å². The van der Waals surface area contributed by atoms with Crippen LogP contribution in [-0.4, -0.2) is 9.97 Å². The van der Waals surface area contributed by atoms with Crippen molar-refractivity contribution in [3.63, 3.8) is 0 Å². The zero-order chi connectivity index (χ0) is 16.7. The van der Waals surface area contributed by atoms with Gasteiger partial charge < -0.3 is 4.98 Å². The molecule has 2 aromatic heterocycles. The number of nitriles is 1. The maximum Gasteiger partial charge on any atom is 0.260 e. The quantitative estimate of drug-likeness (QED) is 0.754. The fourth-order valence-electron chi connectivity index (χ4n) is 3.03. The van der Waals surface area contributed by atoms with Gasteiger partial charge in [0, 0.05) is 4.88 Å². The molecule has 1 aromatic carbocycles. The van der Waals surface area contributed by atoms with E-state index in [4.69, 9.17) is 16.9 Å². The van der Waals surface area contributed by atoms with Crippen molar-refractivity contribution in [2.45, 2.75) is 19.3 Å². The molecule has 0 unspecified atom stereocenters. The van der Waals surface area contributed by atoms with E-state index < -0.39 is 0 Å². The molecule has 0 fully saturated rings. The Morgan fingerprint density at radius 3 is 3.12 bits per heavy atom. The minimum atomic E-state index is -0.133. The third-order valence-corrected chi connectivity index (χ3v) is 5.58. The summed E-state index contributed by atoms with van der Waals surface area (Å²) in [5, 5.41) is 10.0. The van der Waals surface area contributed by atoms with Gasteiger partial charge in [-0.1, -0.05) is 23.7 Å². The summed E-state index contributed by atoms with van der Waals surface area (Å²) >= 11 is 7.94. The van der Waals surface area contributed by atoms with Crippen molar-refractivity contribution in [3.8, 4) is 6.07 Å². The smallest absolute Gasteiger partial charge is 0.260 e. The van der Waals surface area contributed by atoms with E-state index in [9.17, 15) is 4.79 Å². The standard InChI is InChI=1S/C18H12ClN3OS/c19-13(8-10-3-1-4-11(7-10)9-20)16-21-17(23)15-12-5-2-6-14(12)24-18(15)22-16/h1,3-4,7-8H,2,5-6H2,(H,21,22,23). The van der Waals surface area contributed by atoms with E-state index in [0.717, 1.165) is 35.2 Å². The van der Waals surface area contributed by atoms with Crippen LogP contribution in [0.2, 0.25) is 0 Å². The number of nitrogens with zero attached hydrogens (tertiary/aromatic N) is 2. The molecule has 0 aliphatic heterocycles. The maximum atomic E-state index is 12.5. The van der Waals surface area contributed by atoms with Crippen LogP contribution in [0.15, 0.2) is 29.1 Å². The molecule has 1 aliphatic rings. The van der Waals surface area contributed by atoms with Crippen LogP contribution in [0.5, 0.6) is 0 Å². The summed E-state index contributed by atoms with van der Waals surface area (Å²) in [5.41, 5.74) is 2.36. The molecular formula is C18H12ClN3OS. The van der Waals surface area contributed by atoms with Crippen molar-refractivity contribution in [2.75, 3.05) is 0 Å². The predicted molar refractivity (Wildman–Crippen MR) is 97.1 cm³/mol. The molecule has 0 amide bonds. The van der Waals surface area contributed by atoms with Crippen molar-refractivity contribution in [3.05, 3.63) is 62.0 Å². The summed E-state index contributed by atoms with van der Waals surface area (Å²) in [6.07, 6.45) is 4.78. The van der Waals surface area contributed by atoms with Crippen molar-refractivity contribution < 1.29 is 0 Å². The molecule has 0 saturated carbocycles. The lowest BCUT2D eigenvalue weighted by molar-refractivity contribution is 0.916. The first-order chi connectivity index (χ1) is 11.7. The molecule has 0 saturated heterocycles. The van der Waals surface area contributed by atoms with E-state index in [1.807, 2.05) is 6.07 Å². The molecule has 0 radical (unpaired) electrons. The van der Waals surface area contributed by atoms with E-state index in [0.29, 0.717) is 21.8 Å². The number of rotatable bonds is 2. The van der Waals surface area contributed by atoms with E-state index in [-0.39, 0.29) is 5.56 Å². The lowest BCUT2D eigenvalue weighted by Gasteiger charge is -2.01. The summed E-state index contributed by atoms with van der Waals surface area (Å²) in [6, 6.07) is 9.19. The molecule has 6 heteroatoms. The highest BCUT2D eigenvalue weighted by Crippen LogP contribution is 2.35. The number of nitrogens with one attached hydrogen (secondary N) is 1. The van der Waals surface area contributed by atoms with E-state index >= 15 is 0 Å². The lowest BCUT2D eigenvalue weighted by Crippen LogP contribution is -2.10. The average Bonchev–Trinajstić information content (AvgIpc) is 3.15. The number of thiophene rings is 1. The number of aryl methyl sites for hydroxylation is 2. The first kappa shape index (κ1) is 15.1. The molecule has 4 rings (SSSR count). The van der Waals surface area contributed by atoms with Crippen LogP contribution in [0.1, 0.15) is 33.8 Å². The minimum Gasteiger partial charge on any atom is -0.305 e. The largest absolute Gasteiger partial charge is 0.305 e. The SMILES string of the molecule is N#Cc1cccc(C=C(Cl)c2nc3sc4c(c3c(=O)[nH]2)CCC4)c1. The van der Waals surface area contributed by atoms with Crippen molar-refractivity contribution >= 4 is 44.3 Å². The zero-order valence-electron chi connectivity index (χ0n) is 12.6. The summed E-state index contributed by atoms with van der Waals surface area (Å²) in [5.74, 6) is 0.358. The average molecular weight is 354 g/mol. The number of halogens is 1. The Morgan fingerprint density at radius 2 is 2.29 bits per heavy atom. The Morgan fingerprint density at radius 1 is 1.42 bits per heavy atom. The second-order valence-electron chi connectivity index (χ2n) is 5.68. The molecule has 0 bridgehead atoms. The monoisotopic (exact) mass is 353 g/mol. The second kappa shape index (κ2) is 5.90. The molecule has 1 aliphatic carbocycles. The van der Waals surface area contributed by atoms with Crippen molar-refractivity contribution in [2.24, 2.45) is 0 Å². The Hall–Kier alpha value is -2.42. The molecule has 0 atom stereocenters. The van der Waals surface area contributed by atoms with Gasteiger partial charge in [-0.2, -0.15) is 5.26 Å². The van der Waals surface area contributed by atoms with Crippen LogP contribution >= 0.6 is 22.9 Å². The van der Waals surface area contributed by atoms with E-state index in [2.05, 4.69) is 16.0 Å². The van der Waals surface area contributed by atoms with Gasteiger partial charge >= 0.3 is 0 Å². The Balaban J connectivity index is 1.80. The highest BCUT2D eigenvalue weighted by Gasteiger charge is 2.21. The Bertz CT molecular complexity index is 1090. The Kier molecular flexibility index (Phi) is 3.72. The third-order valence-electron chi connectivity index (χ3n) is 4.11. The maximum absolute atomic E-state index is 12.5. The molecule has 1 N–H and O–H groups in total. The fraction of sp³-hybridized carbons (Fsp3) is 0.167. The molecule has 3 aromatic rings. The molecule has 0 spiro atoms. The van der Waals surface area contributed by atoms with Crippen LogP contribution in [-0.2, 0) is 12.8 Å². The number of benzene rings is 1. The summed E-state index contributed by atoms with van der Waals surface area (Å²) in [7, 11) is 0.